The first-order valence-corrected chi connectivity index (χ1v) is 8.30. The number of rotatable bonds is 6. The van der Waals surface area contributed by atoms with Gasteiger partial charge in [0.2, 0.25) is 5.91 Å². The van der Waals surface area contributed by atoms with Crippen molar-refractivity contribution in [2.24, 2.45) is 5.41 Å². The molecule has 0 bridgehead atoms. The van der Waals surface area contributed by atoms with Gasteiger partial charge in [-0.05, 0) is 43.8 Å². The van der Waals surface area contributed by atoms with Crippen LogP contribution in [0.15, 0.2) is 36.4 Å². The van der Waals surface area contributed by atoms with E-state index in [-0.39, 0.29) is 11.3 Å². The number of fused-ring (bicyclic) bond motifs is 1. The Balaban J connectivity index is 1.98. The number of hydrogen-bond donors (Lipinski definition) is 1. The second kappa shape index (κ2) is 7.77. The van der Waals surface area contributed by atoms with Gasteiger partial charge in [-0.25, -0.2) is 4.98 Å². The molecule has 0 aliphatic heterocycles. The topological polar surface area (TPSA) is 45.2 Å². The second-order valence-corrected chi connectivity index (χ2v) is 7.46. The largest absolute Gasteiger partial charge is 0.352 e. The predicted octanol–water partition coefficient (Wildman–Crippen LogP) is 3.61. The van der Waals surface area contributed by atoms with Crippen LogP contribution in [0.4, 0.5) is 0 Å². The zero-order valence-electron chi connectivity index (χ0n) is 14.6. The fraction of sp³-hybridized carbons (Fsp3) is 0.368. The number of carbonyl (C=O) groups is 1. The van der Waals surface area contributed by atoms with Crippen LogP contribution in [-0.4, -0.2) is 43.0 Å². The van der Waals surface area contributed by atoms with Crippen LogP contribution in [-0.2, 0) is 4.79 Å². The van der Waals surface area contributed by atoms with Crippen molar-refractivity contribution in [3.63, 3.8) is 0 Å². The molecule has 5 heteroatoms. The van der Waals surface area contributed by atoms with Crippen molar-refractivity contribution in [3.05, 3.63) is 47.1 Å². The van der Waals surface area contributed by atoms with E-state index in [0.717, 1.165) is 23.1 Å². The summed E-state index contributed by atoms with van der Waals surface area (Å²) < 4.78 is 0. The normalized spacial score (nSPS) is 12.2. The zero-order chi connectivity index (χ0) is 17.7. The molecule has 0 atom stereocenters. The summed E-state index contributed by atoms with van der Waals surface area (Å²) in [4.78, 5) is 18.6. The molecule has 0 aliphatic carbocycles. The van der Waals surface area contributed by atoms with Crippen LogP contribution in [0.1, 0.15) is 19.5 Å². The Hall–Kier alpha value is -1.91. The van der Waals surface area contributed by atoms with Gasteiger partial charge >= 0.3 is 0 Å². The van der Waals surface area contributed by atoms with Crippen molar-refractivity contribution in [3.8, 4) is 0 Å². The van der Waals surface area contributed by atoms with E-state index in [1.807, 2.05) is 44.4 Å². The fourth-order valence-corrected chi connectivity index (χ4v) is 2.82. The van der Waals surface area contributed by atoms with E-state index in [1.165, 1.54) is 6.08 Å². The lowest BCUT2D eigenvalue weighted by Gasteiger charge is -2.28. The average Bonchev–Trinajstić information content (AvgIpc) is 2.49. The Morgan fingerprint density at radius 3 is 2.71 bits per heavy atom. The first-order valence-electron chi connectivity index (χ1n) is 7.92. The Bertz CT molecular complexity index is 753. The fourth-order valence-electron chi connectivity index (χ4n) is 2.66. The summed E-state index contributed by atoms with van der Waals surface area (Å²) in [6.45, 7) is 5.79. The van der Waals surface area contributed by atoms with E-state index < -0.39 is 0 Å². The van der Waals surface area contributed by atoms with Crippen molar-refractivity contribution >= 4 is 34.5 Å². The van der Waals surface area contributed by atoms with Crippen LogP contribution in [0.25, 0.3) is 17.0 Å². The molecule has 1 aromatic carbocycles. The molecular formula is C19H24ClN3O. The standard InChI is InChI=1S/C19H24ClN3O/c1-19(2,13-23(3)4)12-21-18(24)10-9-16-8-6-14-5-7-15(20)11-17(14)22-16/h5-11H,12-13H2,1-4H3,(H,21,24)/b10-9+. The summed E-state index contributed by atoms with van der Waals surface area (Å²) in [6, 6.07) is 9.44. The SMILES string of the molecule is CN(C)CC(C)(C)CNC(=O)/C=C/c1ccc2ccc(Cl)cc2n1. The molecule has 1 amide bonds. The molecule has 128 valence electrons. The Morgan fingerprint density at radius 1 is 1.29 bits per heavy atom. The lowest BCUT2D eigenvalue weighted by molar-refractivity contribution is -0.116. The average molecular weight is 346 g/mol. The first-order chi connectivity index (χ1) is 11.2. The number of nitrogens with zero attached hydrogens (tertiary/aromatic N) is 2. The maximum atomic E-state index is 12.0. The Labute approximate surface area is 148 Å². The van der Waals surface area contributed by atoms with Gasteiger partial charge in [-0.2, -0.15) is 0 Å². The molecule has 0 unspecified atom stereocenters. The third-order valence-corrected chi connectivity index (χ3v) is 3.80. The molecule has 0 fully saturated rings. The number of pyridine rings is 1. The minimum absolute atomic E-state index is 0.0188. The smallest absolute Gasteiger partial charge is 0.244 e. The van der Waals surface area contributed by atoms with Crippen molar-refractivity contribution in [1.29, 1.82) is 0 Å². The van der Waals surface area contributed by atoms with Crippen LogP contribution in [0.2, 0.25) is 5.02 Å². The third-order valence-electron chi connectivity index (χ3n) is 3.57. The summed E-state index contributed by atoms with van der Waals surface area (Å²) >= 11 is 5.99. The van der Waals surface area contributed by atoms with E-state index >= 15 is 0 Å². The molecule has 0 radical (unpaired) electrons. The molecule has 0 saturated heterocycles. The summed E-state index contributed by atoms with van der Waals surface area (Å²) in [5.74, 6) is -0.116. The molecule has 1 aromatic heterocycles. The minimum Gasteiger partial charge on any atom is -0.352 e. The highest BCUT2D eigenvalue weighted by Crippen LogP contribution is 2.18. The summed E-state index contributed by atoms with van der Waals surface area (Å²) in [6.07, 6.45) is 3.24. The highest BCUT2D eigenvalue weighted by atomic mass is 35.5. The number of carbonyl (C=O) groups excluding carboxylic acids is 1. The number of aromatic nitrogens is 1. The van der Waals surface area contributed by atoms with E-state index in [2.05, 4.69) is 29.0 Å². The molecule has 1 heterocycles. The number of amides is 1. The predicted molar refractivity (Wildman–Crippen MR) is 101 cm³/mol. The third kappa shape index (κ3) is 5.62. The molecule has 0 aliphatic rings. The van der Waals surface area contributed by atoms with E-state index in [1.54, 1.807) is 6.08 Å². The monoisotopic (exact) mass is 345 g/mol. The summed E-state index contributed by atoms with van der Waals surface area (Å²) in [5, 5.41) is 4.61. The Morgan fingerprint density at radius 2 is 2.00 bits per heavy atom. The van der Waals surface area contributed by atoms with Gasteiger partial charge in [-0.3, -0.25) is 4.79 Å². The van der Waals surface area contributed by atoms with Crippen LogP contribution in [0, 0.1) is 5.41 Å². The van der Waals surface area contributed by atoms with Gasteiger partial charge < -0.3 is 10.2 Å². The molecular weight excluding hydrogens is 322 g/mol. The van der Waals surface area contributed by atoms with E-state index in [9.17, 15) is 4.79 Å². The number of hydrogen-bond acceptors (Lipinski definition) is 3. The van der Waals surface area contributed by atoms with Crippen LogP contribution in [0.5, 0.6) is 0 Å². The number of benzene rings is 1. The van der Waals surface area contributed by atoms with Gasteiger partial charge in [0, 0.05) is 29.6 Å². The van der Waals surface area contributed by atoms with Gasteiger partial charge in [0.05, 0.1) is 11.2 Å². The Kier molecular flexibility index (Phi) is 5.97. The molecule has 4 nitrogen and oxygen atoms in total. The molecule has 24 heavy (non-hydrogen) atoms. The van der Waals surface area contributed by atoms with E-state index in [4.69, 9.17) is 11.6 Å². The zero-order valence-corrected chi connectivity index (χ0v) is 15.4. The maximum Gasteiger partial charge on any atom is 0.244 e. The van der Waals surface area contributed by atoms with Gasteiger partial charge in [-0.1, -0.05) is 37.6 Å². The van der Waals surface area contributed by atoms with Crippen LogP contribution < -0.4 is 5.32 Å². The lowest BCUT2D eigenvalue weighted by atomic mass is 9.93. The van der Waals surface area contributed by atoms with Gasteiger partial charge in [0.25, 0.3) is 0 Å². The minimum atomic E-state index is -0.116. The maximum absolute atomic E-state index is 12.0. The number of halogens is 1. The van der Waals surface area contributed by atoms with Crippen LogP contribution >= 0.6 is 11.6 Å². The highest BCUT2D eigenvalue weighted by Gasteiger charge is 2.19. The first kappa shape index (κ1) is 18.4. The van der Waals surface area contributed by atoms with Gasteiger partial charge in [0.15, 0.2) is 0 Å². The molecule has 0 spiro atoms. The molecule has 2 rings (SSSR count). The lowest BCUT2D eigenvalue weighted by Crippen LogP contribution is -2.39. The highest BCUT2D eigenvalue weighted by molar-refractivity contribution is 6.31. The van der Waals surface area contributed by atoms with Crippen molar-refractivity contribution in [2.75, 3.05) is 27.2 Å². The quantitative estimate of drug-likeness (QED) is 0.813. The van der Waals surface area contributed by atoms with Gasteiger partial charge in [-0.15, -0.1) is 0 Å². The molecule has 0 saturated carbocycles. The molecule has 2 aromatic rings. The van der Waals surface area contributed by atoms with Crippen molar-refractivity contribution in [1.82, 2.24) is 15.2 Å². The number of nitrogens with one attached hydrogen (secondary N) is 1. The second-order valence-electron chi connectivity index (χ2n) is 7.03. The van der Waals surface area contributed by atoms with Crippen molar-refractivity contribution < 1.29 is 4.79 Å². The summed E-state index contributed by atoms with van der Waals surface area (Å²) in [7, 11) is 4.06. The van der Waals surface area contributed by atoms with Crippen LogP contribution in [0.3, 0.4) is 0 Å². The summed E-state index contributed by atoms with van der Waals surface area (Å²) in [5.41, 5.74) is 1.56. The van der Waals surface area contributed by atoms with E-state index in [0.29, 0.717) is 11.6 Å². The van der Waals surface area contributed by atoms with Gasteiger partial charge in [0.1, 0.15) is 0 Å². The molecule has 1 N–H and O–H groups in total. The van der Waals surface area contributed by atoms with Crippen molar-refractivity contribution in [2.45, 2.75) is 13.8 Å².